The number of rotatable bonds is 6. The number of halogens is 2. The number of aromatic nitrogens is 1. The van der Waals surface area contributed by atoms with E-state index < -0.39 is 0 Å². The van der Waals surface area contributed by atoms with E-state index in [0.29, 0.717) is 60.7 Å². The smallest absolute Gasteiger partial charge is 0.227 e. The van der Waals surface area contributed by atoms with E-state index in [-0.39, 0.29) is 29.6 Å². The molecule has 4 rings (SSSR count). The second kappa shape index (κ2) is 10.6. The van der Waals surface area contributed by atoms with Gasteiger partial charge in [-0.3, -0.25) is 9.59 Å². The maximum atomic E-state index is 13.3. The first kappa shape index (κ1) is 24.3. The summed E-state index contributed by atoms with van der Waals surface area (Å²) in [4.78, 5) is 32.8. The van der Waals surface area contributed by atoms with Crippen LogP contribution in [0.25, 0.3) is 0 Å². The van der Waals surface area contributed by atoms with Crippen LogP contribution in [0.5, 0.6) is 5.88 Å². The van der Waals surface area contributed by atoms with Crippen LogP contribution in [0.4, 0.5) is 0 Å². The Hall–Kier alpha value is -2.82. The van der Waals surface area contributed by atoms with E-state index in [9.17, 15) is 9.59 Å². The highest BCUT2D eigenvalue weighted by molar-refractivity contribution is 6.42. The normalized spacial score (nSPS) is 22.0. The Morgan fingerprint density at radius 3 is 2.62 bits per heavy atom. The highest BCUT2D eigenvalue weighted by atomic mass is 35.5. The molecule has 3 heterocycles. The van der Waals surface area contributed by atoms with Crippen LogP contribution in [-0.4, -0.2) is 59.4 Å². The topological polar surface area (TPSA) is 86.5 Å². The maximum absolute atomic E-state index is 13.3. The van der Waals surface area contributed by atoms with Gasteiger partial charge in [-0.05, 0) is 42.5 Å². The van der Waals surface area contributed by atoms with Gasteiger partial charge in [0.2, 0.25) is 17.7 Å². The van der Waals surface area contributed by atoms with Gasteiger partial charge >= 0.3 is 0 Å². The predicted molar refractivity (Wildman–Crippen MR) is 129 cm³/mol. The molecule has 2 aliphatic heterocycles. The van der Waals surface area contributed by atoms with Crippen molar-refractivity contribution in [2.75, 3.05) is 32.8 Å². The van der Waals surface area contributed by atoms with Crippen molar-refractivity contribution in [1.29, 1.82) is 5.26 Å². The molecule has 0 spiro atoms. The van der Waals surface area contributed by atoms with Crippen LogP contribution in [0.1, 0.15) is 36.8 Å². The first-order chi connectivity index (χ1) is 16.4. The number of carbonyl (C=O) groups is 2. The lowest BCUT2D eigenvalue weighted by Crippen LogP contribution is -2.36. The highest BCUT2D eigenvalue weighted by Crippen LogP contribution is 2.38. The molecule has 2 amide bonds. The van der Waals surface area contributed by atoms with Crippen LogP contribution in [0.3, 0.4) is 0 Å². The number of ether oxygens (including phenoxy) is 1. The van der Waals surface area contributed by atoms with Gasteiger partial charge in [-0.25, -0.2) is 4.98 Å². The lowest BCUT2D eigenvalue weighted by atomic mass is 9.87. The van der Waals surface area contributed by atoms with Gasteiger partial charge in [-0.1, -0.05) is 29.3 Å². The fourth-order valence-corrected chi connectivity index (χ4v) is 5.12. The van der Waals surface area contributed by atoms with Crippen molar-refractivity contribution in [3.63, 3.8) is 0 Å². The maximum Gasteiger partial charge on any atom is 0.227 e. The second-order valence-corrected chi connectivity index (χ2v) is 9.68. The molecule has 1 aromatic carbocycles. The molecule has 0 N–H and O–H groups in total. The quantitative estimate of drug-likeness (QED) is 0.594. The fourth-order valence-electron chi connectivity index (χ4n) is 4.82. The highest BCUT2D eigenvalue weighted by Gasteiger charge is 2.40. The van der Waals surface area contributed by atoms with Gasteiger partial charge in [0.05, 0.1) is 28.1 Å². The third-order valence-electron chi connectivity index (χ3n) is 6.71. The third kappa shape index (κ3) is 5.45. The summed E-state index contributed by atoms with van der Waals surface area (Å²) < 4.78 is 5.82. The van der Waals surface area contributed by atoms with E-state index in [0.717, 1.165) is 12.0 Å². The van der Waals surface area contributed by atoms with E-state index >= 15 is 0 Å². The monoisotopic (exact) mass is 500 g/mol. The summed E-state index contributed by atoms with van der Waals surface area (Å²) in [5.74, 6) is 0.691. The predicted octanol–water partition coefficient (Wildman–Crippen LogP) is 4.14. The van der Waals surface area contributed by atoms with E-state index in [1.54, 1.807) is 30.0 Å². The lowest BCUT2D eigenvalue weighted by molar-refractivity contribution is -0.134. The minimum absolute atomic E-state index is 0.0110. The minimum Gasteiger partial charge on any atom is -0.478 e. The first-order valence-corrected chi connectivity index (χ1v) is 12.1. The summed E-state index contributed by atoms with van der Waals surface area (Å²) in [6.45, 7) is 4.30. The van der Waals surface area contributed by atoms with E-state index in [1.807, 2.05) is 23.1 Å². The zero-order valence-corrected chi connectivity index (χ0v) is 20.4. The summed E-state index contributed by atoms with van der Waals surface area (Å²) >= 11 is 12.4. The first-order valence-electron chi connectivity index (χ1n) is 11.3. The SMILES string of the molecule is CC(=O)N1CCC(C(=O)N2CC(CCOc3ccc(C#N)cn3)C(c3ccc(Cl)c(Cl)c3)C2)C1. The standard InChI is InChI=1S/C25H26Cl2N4O3/c1-16(32)30-8-6-20(14-30)25(33)31-13-19(7-9-34-24-5-2-17(11-28)12-29-24)21(15-31)18-3-4-22(26)23(27)10-18/h2-5,10,12,19-21H,6-9,13-15H2,1H3. The molecule has 0 bridgehead atoms. The summed E-state index contributed by atoms with van der Waals surface area (Å²) in [6, 6.07) is 11.0. The van der Waals surface area contributed by atoms with Gasteiger partial charge in [-0.15, -0.1) is 0 Å². The Labute approximate surface area is 209 Å². The number of pyridine rings is 1. The van der Waals surface area contributed by atoms with Gasteiger partial charge in [0.25, 0.3) is 0 Å². The van der Waals surface area contributed by atoms with E-state index in [2.05, 4.69) is 4.98 Å². The molecular formula is C25H26Cl2N4O3. The van der Waals surface area contributed by atoms with Crippen molar-refractivity contribution in [3.8, 4) is 11.9 Å². The Morgan fingerprint density at radius 1 is 1.15 bits per heavy atom. The molecule has 3 atom stereocenters. The molecule has 7 nitrogen and oxygen atoms in total. The fraction of sp³-hybridized carbons (Fsp3) is 0.440. The second-order valence-electron chi connectivity index (χ2n) is 8.87. The molecule has 178 valence electrons. The van der Waals surface area contributed by atoms with Gasteiger partial charge in [0.15, 0.2) is 0 Å². The largest absolute Gasteiger partial charge is 0.478 e. The third-order valence-corrected chi connectivity index (χ3v) is 7.45. The van der Waals surface area contributed by atoms with Crippen LogP contribution in [0.2, 0.25) is 10.0 Å². The van der Waals surface area contributed by atoms with Crippen molar-refractivity contribution < 1.29 is 14.3 Å². The zero-order valence-electron chi connectivity index (χ0n) is 18.9. The van der Waals surface area contributed by atoms with Crippen molar-refractivity contribution in [2.24, 2.45) is 11.8 Å². The Balaban J connectivity index is 1.45. The molecule has 2 aromatic rings. The summed E-state index contributed by atoms with van der Waals surface area (Å²) in [5, 5.41) is 9.90. The molecule has 2 fully saturated rings. The molecule has 0 radical (unpaired) electrons. The number of hydrogen-bond acceptors (Lipinski definition) is 5. The van der Waals surface area contributed by atoms with E-state index in [4.69, 9.17) is 33.2 Å². The average molecular weight is 501 g/mol. The number of nitrogens with zero attached hydrogens (tertiary/aromatic N) is 4. The number of benzene rings is 1. The lowest BCUT2D eigenvalue weighted by Gasteiger charge is -2.21. The molecule has 34 heavy (non-hydrogen) atoms. The van der Waals surface area contributed by atoms with Gasteiger partial charge in [-0.2, -0.15) is 5.26 Å². The Kier molecular flexibility index (Phi) is 7.60. The number of amides is 2. The van der Waals surface area contributed by atoms with Crippen molar-refractivity contribution in [1.82, 2.24) is 14.8 Å². The van der Waals surface area contributed by atoms with Crippen molar-refractivity contribution in [2.45, 2.75) is 25.7 Å². The minimum atomic E-state index is -0.156. The van der Waals surface area contributed by atoms with Crippen LogP contribution in [0, 0.1) is 23.2 Å². The van der Waals surface area contributed by atoms with Crippen LogP contribution in [-0.2, 0) is 9.59 Å². The average Bonchev–Trinajstić information content (AvgIpc) is 3.49. The number of carbonyl (C=O) groups excluding carboxylic acids is 2. The number of hydrogen-bond donors (Lipinski definition) is 0. The van der Waals surface area contributed by atoms with Crippen LogP contribution >= 0.6 is 23.2 Å². The molecule has 3 unspecified atom stereocenters. The molecule has 2 aliphatic rings. The molecule has 1 aromatic heterocycles. The Bertz CT molecular complexity index is 1100. The van der Waals surface area contributed by atoms with Crippen molar-refractivity contribution >= 4 is 35.0 Å². The van der Waals surface area contributed by atoms with Gasteiger partial charge in [0.1, 0.15) is 6.07 Å². The molecule has 2 saturated heterocycles. The van der Waals surface area contributed by atoms with Crippen LogP contribution < -0.4 is 4.74 Å². The molecule has 0 saturated carbocycles. The summed E-state index contributed by atoms with van der Waals surface area (Å²) in [6.07, 6.45) is 2.90. The summed E-state index contributed by atoms with van der Waals surface area (Å²) in [7, 11) is 0. The number of nitriles is 1. The summed E-state index contributed by atoms with van der Waals surface area (Å²) in [5.41, 5.74) is 1.52. The molecule has 9 heteroatoms. The van der Waals surface area contributed by atoms with Crippen molar-refractivity contribution in [3.05, 3.63) is 57.7 Å². The zero-order chi connectivity index (χ0) is 24.2. The van der Waals surface area contributed by atoms with Gasteiger partial charge in [0, 0.05) is 51.3 Å². The molecular weight excluding hydrogens is 475 g/mol. The molecule has 0 aliphatic carbocycles. The van der Waals surface area contributed by atoms with Crippen LogP contribution in [0.15, 0.2) is 36.5 Å². The van der Waals surface area contributed by atoms with Gasteiger partial charge < -0.3 is 14.5 Å². The number of likely N-dealkylation sites (tertiary alicyclic amines) is 2. The van der Waals surface area contributed by atoms with E-state index in [1.165, 1.54) is 6.20 Å². The Morgan fingerprint density at radius 2 is 1.97 bits per heavy atom.